The third-order valence-electron chi connectivity index (χ3n) is 4.61. The van der Waals surface area contributed by atoms with E-state index in [0.717, 1.165) is 33.7 Å². The third-order valence-corrected chi connectivity index (χ3v) is 4.61. The molecule has 0 radical (unpaired) electrons. The van der Waals surface area contributed by atoms with Gasteiger partial charge >= 0.3 is 0 Å². The molecular formula is C21H16FN7. The molecule has 0 saturated heterocycles. The summed E-state index contributed by atoms with van der Waals surface area (Å²) in [4.78, 5) is 8.59. The fraction of sp³-hybridized carbons (Fsp3) is 0. The number of aromatic amines is 1. The van der Waals surface area contributed by atoms with Crippen LogP contribution in [0.5, 0.6) is 0 Å². The number of nitrogens with two attached hydrogens (primary N) is 1. The second kappa shape index (κ2) is 6.75. The predicted octanol–water partition coefficient (Wildman–Crippen LogP) is 4.25. The summed E-state index contributed by atoms with van der Waals surface area (Å²) in [6, 6.07) is 18.3. The molecule has 0 aliphatic rings. The number of rotatable bonds is 4. The van der Waals surface area contributed by atoms with Crippen molar-refractivity contribution >= 4 is 23.2 Å². The summed E-state index contributed by atoms with van der Waals surface area (Å²) < 4.78 is 15.2. The van der Waals surface area contributed by atoms with Gasteiger partial charge < -0.3 is 11.1 Å². The Labute approximate surface area is 165 Å². The Morgan fingerprint density at radius 3 is 2.62 bits per heavy atom. The standard InChI is InChI=1S/C21H16FN7/c22-16-6-4-13(5-7-16)14-8-9-29-18(12-24-19(29)11-14)15-2-1-3-17(10-15)25-21-26-20(23)27-28-21/h1-12H,(H4,23,25,26,27,28). The first-order valence-corrected chi connectivity index (χ1v) is 8.94. The van der Waals surface area contributed by atoms with Gasteiger partial charge in [-0.25, -0.2) is 14.5 Å². The lowest BCUT2D eigenvalue weighted by Crippen LogP contribution is -1.94. The molecule has 8 heteroatoms. The molecule has 3 heterocycles. The number of halogens is 1. The first-order chi connectivity index (χ1) is 14.2. The molecule has 0 aliphatic heterocycles. The minimum absolute atomic E-state index is 0.251. The average Bonchev–Trinajstić information content (AvgIpc) is 3.34. The largest absolute Gasteiger partial charge is 0.368 e. The molecule has 0 spiro atoms. The molecule has 5 rings (SSSR count). The number of nitrogens with zero attached hydrogens (tertiary/aromatic N) is 4. The Morgan fingerprint density at radius 2 is 1.83 bits per heavy atom. The van der Waals surface area contributed by atoms with E-state index >= 15 is 0 Å². The molecule has 5 aromatic rings. The highest BCUT2D eigenvalue weighted by Crippen LogP contribution is 2.27. The number of pyridine rings is 1. The van der Waals surface area contributed by atoms with Crippen molar-refractivity contribution in [3.05, 3.63) is 78.9 Å². The molecule has 29 heavy (non-hydrogen) atoms. The van der Waals surface area contributed by atoms with Crippen LogP contribution in [0.2, 0.25) is 0 Å². The van der Waals surface area contributed by atoms with Crippen molar-refractivity contribution in [2.24, 2.45) is 0 Å². The SMILES string of the molecule is Nc1nc(Nc2cccc(-c3cnc4cc(-c5ccc(F)cc5)ccn34)c2)n[nH]1. The lowest BCUT2D eigenvalue weighted by molar-refractivity contribution is 0.628. The van der Waals surface area contributed by atoms with Crippen molar-refractivity contribution in [1.82, 2.24) is 24.6 Å². The summed E-state index contributed by atoms with van der Waals surface area (Å²) in [6.07, 6.45) is 3.79. The van der Waals surface area contributed by atoms with Gasteiger partial charge in [0.05, 0.1) is 11.9 Å². The van der Waals surface area contributed by atoms with Gasteiger partial charge in [0.15, 0.2) is 0 Å². The Hall–Kier alpha value is -4.20. The van der Waals surface area contributed by atoms with E-state index < -0.39 is 0 Å². The first kappa shape index (κ1) is 16.9. The van der Waals surface area contributed by atoms with E-state index in [0.29, 0.717) is 5.95 Å². The smallest absolute Gasteiger partial charge is 0.248 e. The number of H-pyrrole nitrogens is 1. The Balaban J connectivity index is 1.49. The number of anilines is 3. The summed E-state index contributed by atoms with van der Waals surface area (Å²) in [5.41, 5.74) is 11.1. The van der Waals surface area contributed by atoms with Crippen LogP contribution >= 0.6 is 0 Å². The van der Waals surface area contributed by atoms with Gasteiger partial charge in [0, 0.05) is 17.4 Å². The second-order valence-electron chi connectivity index (χ2n) is 6.54. The van der Waals surface area contributed by atoms with Crippen molar-refractivity contribution in [2.45, 2.75) is 0 Å². The van der Waals surface area contributed by atoms with E-state index in [1.807, 2.05) is 53.2 Å². The lowest BCUT2D eigenvalue weighted by Gasteiger charge is -2.07. The van der Waals surface area contributed by atoms with E-state index in [1.54, 1.807) is 12.1 Å². The van der Waals surface area contributed by atoms with E-state index in [9.17, 15) is 4.39 Å². The molecule has 3 aromatic heterocycles. The molecule has 2 aromatic carbocycles. The molecule has 0 saturated carbocycles. The van der Waals surface area contributed by atoms with Crippen LogP contribution in [0.4, 0.5) is 22.0 Å². The highest BCUT2D eigenvalue weighted by Gasteiger charge is 2.09. The minimum Gasteiger partial charge on any atom is -0.368 e. The molecule has 0 fully saturated rings. The maximum atomic E-state index is 13.2. The van der Waals surface area contributed by atoms with Crippen molar-refractivity contribution in [2.75, 3.05) is 11.1 Å². The monoisotopic (exact) mass is 385 g/mol. The third kappa shape index (κ3) is 3.27. The summed E-state index contributed by atoms with van der Waals surface area (Å²) >= 11 is 0. The van der Waals surface area contributed by atoms with Gasteiger partial charge in [0.1, 0.15) is 11.5 Å². The van der Waals surface area contributed by atoms with Crippen LogP contribution in [-0.2, 0) is 0 Å². The van der Waals surface area contributed by atoms with Gasteiger partial charge in [-0.2, -0.15) is 4.98 Å². The van der Waals surface area contributed by atoms with Crippen molar-refractivity contribution in [3.8, 4) is 22.4 Å². The highest BCUT2D eigenvalue weighted by atomic mass is 19.1. The maximum Gasteiger partial charge on any atom is 0.248 e. The number of imidazole rings is 1. The fourth-order valence-corrected chi connectivity index (χ4v) is 3.23. The zero-order chi connectivity index (χ0) is 19.8. The van der Waals surface area contributed by atoms with Crippen LogP contribution in [0.15, 0.2) is 73.1 Å². The summed E-state index contributed by atoms with van der Waals surface area (Å²) in [7, 11) is 0. The summed E-state index contributed by atoms with van der Waals surface area (Å²) in [5.74, 6) is 0.406. The van der Waals surface area contributed by atoms with E-state index in [4.69, 9.17) is 5.73 Å². The Bertz CT molecular complexity index is 1300. The maximum absolute atomic E-state index is 13.2. The van der Waals surface area contributed by atoms with Gasteiger partial charge in [-0.3, -0.25) is 4.40 Å². The number of aromatic nitrogens is 5. The van der Waals surface area contributed by atoms with Crippen LogP contribution in [0, 0.1) is 5.82 Å². The Kier molecular flexibility index (Phi) is 3.94. The molecule has 0 unspecified atom stereocenters. The van der Waals surface area contributed by atoms with Gasteiger partial charge in [-0.05, 0) is 47.5 Å². The predicted molar refractivity (Wildman–Crippen MR) is 110 cm³/mol. The number of nitrogen functional groups attached to an aromatic ring is 1. The molecule has 0 atom stereocenters. The van der Waals surface area contributed by atoms with Crippen LogP contribution < -0.4 is 11.1 Å². The summed E-state index contributed by atoms with van der Waals surface area (Å²) in [5, 5.41) is 9.70. The van der Waals surface area contributed by atoms with E-state index in [1.165, 1.54) is 12.1 Å². The second-order valence-corrected chi connectivity index (χ2v) is 6.54. The summed E-state index contributed by atoms with van der Waals surface area (Å²) in [6.45, 7) is 0. The quantitative estimate of drug-likeness (QED) is 0.430. The van der Waals surface area contributed by atoms with E-state index in [-0.39, 0.29) is 11.8 Å². The van der Waals surface area contributed by atoms with Gasteiger partial charge in [0.25, 0.3) is 0 Å². The molecule has 0 aliphatic carbocycles. The lowest BCUT2D eigenvalue weighted by atomic mass is 10.1. The van der Waals surface area contributed by atoms with Crippen LogP contribution in [0.1, 0.15) is 0 Å². The zero-order valence-electron chi connectivity index (χ0n) is 15.2. The van der Waals surface area contributed by atoms with E-state index in [2.05, 4.69) is 25.5 Å². The number of nitrogens with one attached hydrogen (secondary N) is 2. The number of hydrogen-bond donors (Lipinski definition) is 3. The Morgan fingerprint density at radius 1 is 0.966 bits per heavy atom. The number of hydrogen-bond acceptors (Lipinski definition) is 5. The number of benzene rings is 2. The topological polar surface area (TPSA) is 96.9 Å². The molecule has 4 N–H and O–H groups in total. The molecular weight excluding hydrogens is 369 g/mol. The van der Waals surface area contributed by atoms with Gasteiger partial charge in [0.2, 0.25) is 11.9 Å². The fourth-order valence-electron chi connectivity index (χ4n) is 3.23. The van der Waals surface area contributed by atoms with Crippen LogP contribution in [-0.4, -0.2) is 24.6 Å². The van der Waals surface area contributed by atoms with Crippen molar-refractivity contribution < 1.29 is 4.39 Å². The normalized spacial score (nSPS) is 11.1. The first-order valence-electron chi connectivity index (χ1n) is 8.94. The molecule has 7 nitrogen and oxygen atoms in total. The van der Waals surface area contributed by atoms with Crippen LogP contribution in [0.25, 0.3) is 28.0 Å². The van der Waals surface area contributed by atoms with Gasteiger partial charge in [-0.1, -0.05) is 24.3 Å². The molecule has 142 valence electrons. The minimum atomic E-state index is -0.251. The molecule has 0 amide bonds. The van der Waals surface area contributed by atoms with Gasteiger partial charge in [-0.15, -0.1) is 5.10 Å². The number of fused-ring (bicyclic) bond motifs is 1. The zero-order valence-corrected chi connectivity index (χ0v) is 15.2. The van der Waals surface area contributed by atoms with Crippen molar-refractivity contribution in [3.63, 3.8) is 0 Å². The molecule has 0 bridgehead atoms. The average molecular weight is 385 g/mol. The van der Waals surface area contributed by atoms with Crippen molar-refractivity contribution in [1.29, 1.82) is 0 Å². The highest BCUT2D eigenvalue weighted by molar-refractivity contribution is 5.73. The van der Waals surface area contributed by atoms with Crippen LogP contribution in [0.3, 0.4) is 0 Å².